The Kier molecular flexibility index (Phi) is 6.08. The Morgan fingerprint density at radius 2 is 2.23 bits per heavy atom. The van der Waals surface area contributed by atoms with Gasteiger partial charge in [-0.05, 0) is 25.7 Å². The van der Waals surface area contributed by atoms with Crippen LogP contribution in [0, 0.1) is 5.92 Å². The molecule has 0 aliphatic heterocycles. The summed E-state index contributed by atoms with van der Waals surface area (Å²) in [7, 11) is 0. The van der Waals surface area contributed by atoms with E-state index in [1.165, 1.54) is 12.8 Å². The van der Waals surface area contributed by atoms with Crippen LogP contribution in [0.2, 0.25) is 0 Å². The predicted molar refractivity (Wildman–Crippen MR) is 53.8 cm³/mol. The van der Waals surface area contributed by atoms with E-state index < -0.39 is 6.04 Å². The zero-order valence-electron chi connectivity index (χ0n) is 7.99. The van der Waals surface area contributed by atoms with Crippen molar-refractivity contribution in [2.75, 3.05) is 6.61 Å². The Hall–Kier alpha value is -0.280. The molecule has 3 nitrogen and oxygen atoms in total. The Morgan fingerprint density at radius 1 is 1.62 bits per heavy atom. The Balaban J connectivity index is 0.00000144. The summed E-state index contributed by atoms with van der Waals surface area (Å²) in [6.45, 7) is 2.22. The molecule has 78 valence electrons. The molecule has 0 aromatic heterocycles. The third kappa shape index (κ3) is 5.11. The lowest BCUT2D eigenvalue weighted by Crippen LogP contribution is -2.32. The minimum absolute atomic E-state index is 0. The van der Waals surface area contributed by atoms with Crippen LogP contribution in [0.15, 0.2) is 0 Å². The second kappa shape index (κ2) is 6.22. The van der Waals surface area contributed by atoms with Gasteiger partial charge in [-0.15, -0.1) is 12.4 Å². The first-order valence-corrected chi connectivity index (χ1v) is 4.66. The van der Waals surface area contributed by atoms with Crippen LogP contribution in [0.4, 0.5) is 0 Å². The normalized spacial score (nSPS) is 17.4. The van der Waals surface area contributed by atoms with Crippen LogP contribution < -0.4 is 5.73 Å². The average Bonchev–Trinajstić information content (AvgIpc) is 2.83. The van der Waals surface area contributed by atoms with Crippen molar-refractivity contribution in [3.63, 3.8) is 0 Å². The van der Waals surface area contributed by atoms with Crippen molar-refractivity contribution >= 4 is 18.4 Å². The van der Waals surface area contributed by atoms with Crippen molar-refractivity contribution in [3.05, 3.63) is 0 Å². The Labute approximate surface area is 85.4 Å². The van der Waals surface area contributed by atoms with Crippen molar-refractivity contribution in [1.82, 2.24) is 0 Å². The van der Waals surface area contributed by atoms with Crippen molar-refractivity contribution in [2.24, 2.45) is 11.7 Å². The number of rotatable bonds is 5. The average molecular weight is 208 g/mol. The predicted octanol–water partition coefficient (Wildman–Crippen LogP) is 1.49. The summed E-state index contributed by atoms with van der Waals surface area (Å²) in [6.07, 6.45) is 4.49. The van der Waals surface area contributed by atoms with Crippen LogP contribution in [0.3, 0.4) is 0 Å². The van der Waals surface area contributed by atoms with E-state index in [4.69, 9.17) is 10.5 Å². The molecule has 1 aliphatic carbocycles. The maximum atomic E-state index is 11.0. The number of halogens is 1. The van der Waals surface area contributed by atoms with Gasteiger partial charge in [0.25, 0.3) is 0 Å². The SMILES string of the molecule is CCOC(=O)C(N)CCC1CC1.Cl. The number of hydrogen-bond acceptors (Lipinski definition) is 3. The summed E-state index contributed by atoms with van der Waals surface area (Å²) < 4.78 is 4.79. The van der Waals surface area contributed by atoms with Crippen LogP contribution in [-0.4, -0.2) is 18.6 Å². The zero-order chi connectivity index (χ0) is 8.97. The van der Waals surface area contributed by atoms with E-state index in [0.29, 0.717) is 6.61 Å². The van der Waals surface area contributed by atoms with Gasteiger partial charge in [0.05, 0.1) is 6.61 Å². The molecule has 0 saturated heterocycles. The highest BCUT2D eigenvalue weighted by atomic mass is 35.5. The van der Waals surface area contributed by atoms with Gasteiger partial charge >= 0.3 is 5.97 Å². The number of carbonyl (C=O) groups excluding carboxylic acids is 1. The van der Waals surface area contributed by atoms with Crippen LogP contribution >= 0.6 is 12.4 Å². The maximum Gasteiger partial charge on any atom is 0.322 e. The first-order chi connectivity index (χ1) is 5.74. The standard InChI is InChI=1S/C9H17NO2.ClH/c1-2-12-9(11)8(10)6-5-7-3-4-7;/h7-8H,2-6,10H2,1H3;1H. The molecular formula is C9H18ClNO2. The third-order valence-electron chi connectivity index (χ3n) is 2.17. The molecule has 1 saturated carbocycles. The molecular weight excluding hydrogens is 190 g/mol. The second-order valence-corrected chi connectivity index (χ2v) is 3.38. The molecule has 1 rings (SSSR count). The molecule has 1 atom stereocenters. The van der Waals surface area contributed by atoms with Gasteiger partial charge in [0.2, 0.25) is 0 Å². The zero-order valence-corrected chi connectivity index (χ0v) is 8.81. The first-order valence-electron chi connectivity index (χ1n) is 4.66. The smallest absolute Gasteiger partial charge is 0.322 e. The lowest BCUT2D eigenvalue weighted by atomic mass is 10.1. The van der Waals surface area contributed by atoms with Crippen LogP contribution in [-0.2, 0) is 9.53 Å². The number of esters is 1. The molecule has 0 aromatic carbocycles. The molecule has 1 aliphatic rings. The molecule has 0 amide bonds. The van der Waals surface area contributed by atoms with Crippen molar-refractivity contribution in [3.8, 4) is 0 Å². The molecule has 0 aromatic rings. The summed E-state index contributed by atoms with van der Waals surface area (Å²) in [5, 5.41) is 0. The minimum atomic E-state index is -0.398. The fourth-order valence-electron chi connectivity index (χ4n) is 1.19. The number of nitrogens with two attached hydrogens (primary N) is 1. The lowest BCUT2D eigenvalue weighted by Gasteiger charge is -2.09. The highest BCUT2D eigenvalue weighted by Crippen LogP contribution is 2.33. The fourth-order valence-corrected chi connectivity index (χ4v) is 1.19. The topological polar surface area (TPSA) is 52.3 Å². The van der Waals surface area contributed by atoms with Crippen molar-refractivity contribution in [1.29, 1.82) is 0 Å². The molecule has 1 fully saturated rings. The van der Waals surface area contributed by atoms with E-state index in [2.05, 4.69) is 0 Å². The van der Waals surface area contributed by atoms with Crippen LogP contribution in [0.25, 0.3) is 0 Å². The van der Waals surface area contributed by atoms with E-state index >= 15 is 0 Å². The molecule has 0 bridgehead atoms. The highest BCUT2D eigenvalue weighted by molar-refractivity contribution is 5.85. The van der Waals surface area contributed by atoms with Crippen LogP contribution in [0.5, 0.6) is 0 Å². The van der Waals surface area contributed by atoms with Crippen LogP contribution in [0.1, 0.15) is 32.6 Å². The summed E-state index contributed by atoms with van der Waals surface area (Å²) in [5.41, 5.74) is 5.60. The number of carbonyl (C=O) groups is 1. The summed E-state index contributed by atoms with van der Waals surface area (Å²) in [4.78, 5) is 11.0. The van der Waals surface area contributed by atoms with Gasteiger partial charge in [0, 0.05) is 0 Å². The lowest BCUT2D eigenvalue weighted by molar-refractivity contribution is -0.144. The number of ether oxygens (including phenoxy) is 1. The van der Waals surface area contributed by atoms with Crippen molar-refractivity contribution in [2.45, 2.75) is 38.6 Å². The summed E-state index contributed by atoms with van der Waals surface area (Å²) in [6, 6.07) is -0.398. The molecule has 4 heteroatoms. The molecule has 0 spiro atoms. The Bertz CT molecular complexity index is 160. The van der Waals surface area contributed by atoms with E-state index in [1.54, 1.807) is 6.92 Å². The van der Waals surface area contributed by atoms with Gasteiger partial charge in [0.15, 0.2) is 0 Å². The van der Waals surface area contributed by atoms with E-state index in [9.17, 15) is 4.79 Å². The van der Waals surface area contributed by atoms with Gasteiger partial charge in [-0.2, -0.15) is 0 Å². The monoisotopic (exact) mass is 207 g/mol. The van der Waals surface area contributed by atoms with Gasteiger partial charge in [0.1, 0.15) is 6.04 Å². The fraction of sp³-hybridized carbons (Fsp3) is 0.889. The largest absolute Gasteiger partial charge is 0.465 e. The van der Waals surface area contributed by atoms with E-state index in [0.717, 1.165) is 18.8 Å². The highest BCUT2D eigenvalue weighted by Gasteiger charge is 2.23. The van der Waals surface area contributed by atoms with Gasteiger partial charge < -0.3 is 10.5 Å². The number of hydrogen-bond donors (Lipinski definition) is 1. The first kappa shape index (κ1) is 12.7. The molecule has 0 heterocycles. The summed E-state index contributed by atoms with van der Waals surface area (Å²) in [5.74, 6) is 0.587. The van der Waals surface area contributed by atoms with Gasteiger partial charge in [-0.3, -0.25) is 4.79 Å². The molecule has 2 N–H and O–H groups in total. The third-order valence-corrected chi connectivity index (χ3v) is 2.17. The van der Waals surface area contributed by atoms with E-state index in [-0.39, 0.29) is 18.4 Å². The Morgan fingerprint density at radius 3 is 2.69 bits per heavy atom. The van der Waals surface area contributed by atoms with E-state index in [1.807, 2.05) is 0 Å². The molecule has 1 unspecified atom stereocenters. The summed E-state index contributed by atoms with van der Waals surface area (Å²) >= 11 is 0. The van der Waals surface area contributed by atoms with Gasteiger partial charge in [-0.25, -0.2) is 0 Å². The van der Waals surface area contributed by atoms with Gasteiger partial charge in [-0.1, -0.05) is 12.8 Å². The molecule has 0 radical (unpaired) electrons. The quantitative estimate of drug-likeness (QED) is 0.695. The molecule has 13 heavy (non-hydrogen) atoms. The second-order valence-electron chi connectivity index (χ2n) is 3.38. The maximum absolute atomic E-state index is 11.0. The minimum Gasteiger partial charge on any atom is -0.465 e. The van der Waals surface area contributed by atoms with Crippen molar-refractivity contribution < 1.29 is 9.53 Å².